The molecule has 3 N–H and O–H groups in total. The normalized spacial score (nSPS) is 20.0. The van der Waals surface area contributed by atoms with Crippen molar-refractivity contribution in [2.75, 3.05) is 13.2 Å². The maximum absolute atomic E-state index is 12.7. The van der Waals surface area contributed by atoms with Gasteiger partial charge in [0.25, 0.3) is 0 Å². The predicted octanol–water partition coefficient (Wildman–Crippen LogP) is 4.31. The zero-order valence-electron chi connectivity index (χ0n) is 19.5. The number of hydrogen-bond donors (Lipinski definition) is 3. The molecule has 7 heteroatoms. The monoisotopic (exact) mass is 464 g/mol. The number of carboxylic acids is 1. The molecule has 0 spiro atoms. The van der Waals surface area contributed by atoms with Gasteiger partial charge < -0.3 is 20.5 Å². The van der Waals surface area contributed by atoms with E-state index >= 15 is 0 Å². The Labute approximate surface area is 199 Å². The summed E-state index contributed by atoms with van der Waals surface area (Å²) < 4.78 is 5.56. The van der Waals surface area contributed by atoms with Crippen LogP contribution in [0.1, 0.15) is 56.1 Å². The van der Waals surface area contributed by atoms with E-state index in [0.717, 1.165) is 35.1 Å². The van der Waals surface area contributed by atoms with Crippen molar-refractivity contribution in [3.63, 3.8) is 0 Å². The van der Waals surface area contributed by atoms with Crippen molar-refractivity contribution in [3.8, 4) is 11.1 Å². The highest BCUT2D eigenvalue weighted by molar-refractivity contribution is 5.85. The predicted molar refractivity (Wildman–Crippen MR) is 128 cm³/mol. The molecule has 7 nitrogen and oxygen atoms in total. The van der Waals surface area contributed by atoms with E-state index in [0.29, 0.717) is 25.8 Å². The topological polar surface area (TPSA) is 105 Å². The van der Waals surface area contributed by atoms with Gasteiger partial charge in [-0.3, -0.25) is 9.59 Å². The summed E-state index contributed by atoms with van der Waals surface area (Å²) in [6.07, 6.45) is 2.84. The average Bonchev–Trinajstić information content (AvgIpc) is 3.18. The number of benzene rings is 2. The quantitative estimate of drug-likeness (QED) is 0.540. The number of amides is 2. The van der Waals surface area contributed by atoms with Crippen molar-refractivity contribution in [2.24, 2.45) is 11.8 Å². The van der Waals surface area contributed by atoms with Gasteiger partial charge in [-0.15, -0.1) is 0 Å². The maximum Gasteiger partial charge on any atom is 0.407 e. The molecule has 4 rings (SSSR count). The van der Waals surface area contributed by atoms with Crippen molar-refractivity contribution in [1.82, 2.24) is 10.6 Å². The lowest BCUT2D eigenvalue weighted by Crippen LogP contribution is -2.48. The molecule has 1 saturated carbocycles. The number of carbonyl (C=O) groups excluding carboxylic acids is 2. The molecule has 3 unspecified atom stereocenters. The van der Waals surface area contributed by atoms with Gasteiger partial charge in [-0.2, -0.15) is 0 Å². The van der Waals surface area contributed by atoms with Crippen molar-refractivity contribution in [3.05, 3.63) is 59.7 Å². The Balaban J connectivity index is 1.29. The van der Waals surface area contributed by atoms with Crippen molar-refractivity contribution < 1.29 is 24.2 Å². The second-order valence-corrected chi connectivity index (χ2v) is 9.24. The van der Waals surface area contributed by atoms with Gasteiger partial charge in [-0.05, 0) is 53.9 Å². The van der Waals surface area contributed by atoms with Gasteiger partial charge >= 0.3 is 12.1 Å². The van der Waals surface area contributed by atoms with Gasteiger partial charge in [0.15, 0.2) is 0 Å². The highest BCUT2D eigenvalue weighted by atomic mass is 16.5. The Hall–Kier alpha value is -3.35. The zero-order chi connectivity index (χ0) is 24.1. The van der Waals surface area contributed by atoms with Gasteiger partial charge in [0.05, 0.1) is 5.92 Å². The second kappa shape index (κ2) is 10.7. The largest absolute Gasteiger partial charge is 0.481 e. The molecule has 2 aliphatic carbocycles. The third-order valence-corrected chi connectivity index (χ3v) is 7.06. The third kappa shape index (κ3) is 5.24. The minimum absolute atomic E-state index is 0.0412. The number of fused-ring (bicyclic) bond motifs is 3. The molecule has 0 radical (unpaired) electrons. The van der Waals surface area contributed by atoms with E-state index in [-0.39, 0.29) is 30.3 Å². The number of aliphatic carboxylic acids is 1. The molecule has 0 saturated heterocycles. The van der Waals surface area contributed by atoms with E-state index in [4.69, 9.17) is 4.74 Å². The molecule has 180 valence electrons. The van der Waals surface area contributed by atoms with E-state index in [2.05, 4.69) is 34.9 Å². The van der Waals surface area contributed by atoms with Gasteiger partial charge in [0, 0.05) is 12.5 Å². The van der Waals surface area contributed by atoms with Crippen LogP contribution in [0.15, 0.2) is 48.5 Å². The SMILES string of the molecule is CCC(NC(=O)OCC1c2ccccc2-c2ccccc21)C(=O)NCC1CCCC(C(=O)O)C1. The molecule has 0 aliphatic heterocycles. The Kier molecular flexibility index (Phi) is 7.50. The Bertz CT molecular complexity index is 1010. The second-order valence-electron chi connectivity index (χ2n) is 9.24. The Morgan fingerprint density at radius 2 is 1.68 bits per heavy atom. The molecule has 2 amide bonds. The Morgan fingerprint density at radius 1 is 1.03 bits per heavy atom. The molecule has 3 atom stereocenters. The van der Waals surface area contributed by atoms with Crippen LogP contribution >= 0.6 is 0 Å². The first-order valence-corrected chi connectivity index (χ1v) is 12.1. The number of nitrogens with one attached hydrogen (secondary N) is 2. The van der Waals surface area contributed by atoms with Crippen LogP contribution < -0.4 is 10.6 Å². The molecule has 34 heavy (non-hydrogen) atoms. The first-order chi connectivity index (χ1) is 16.5. The zero-order valence-corrected chi connectivity index (χ0v) is 19.5. The maximum atomic E-state index is 12.7. The van der Waals surface area contributed by atoms with Crippen molar-refractivity contribution >= 4 is 18.0 Å². The van der Waals surface area contributed by atoms with Crippen LogP contribution in [0.4, 0.5) is 4.79 Å². The summed E-state index contributed by atoms with van der Waals surface area (Å²) >= 11 is 0. The van der Waals surface area contributed by atoms with Gasteiger partial charge in [-0.1, -0.05) is 61.9 Å². The number of carboxylic acid groups (broad SMARTS) is 1. The van der Waals surface area contributed by atoms with Gasteiger partial charge in [-0.25, -0.2) is 4.79 Å². The van der Waals surface area contributed by atoms with E-state index in [9.17, 15) is 19.5 Å². The lowest BCUT2D eigenvalue weighted by Gasteiger charge is -2.27. The van der Waals surface area contributed by atoms with E-state index in [1.165, 1.54) is 0 Å². The smallest absolute Gasteiger partial charge is 0.407 e. The summed E-state index contributed by atoms with van der Waals surface area (Å²) in [7, 11) is 0. The third-order valence-electron chi connectivity index (χ3n) is 7.06. The summed E-state index contributed by atoms with van der Waals surface area (Å²) in [4.78, 5) is 36.5. The van der Waals surface area contributed by atoms with E-state index in [1.54, 1.807) is 0 Å². The fourth-order valence-corrected chi connectivity index (χ4v) is 5.20. The molecule has 2 aliphatic rings. The lowest BCUT2D eigenvalue weighted by molar-refractivity contribution is -0.143. The summed E-state index contributed by atoms with van der Waals surface area (Å²) in [6.45, 7) is 2.44. The van der Waals surface area contributed by atoms with Crippen LogP contribution in [0, 0.1) is 11.8 Å². The molecular weight excluding hydrogens is 432 g/mol. The minimum atomic E-state index is -0.764. The fraction of sp³-hybridized carbons (Fsp3) is 0.444. The summed E-state index contributed by atoms with van der Waals surface area (Å²) in [6, 6.07) is 15.6. The molecule has 1 fully saturated rings. The van der Waals surface area contributed by atoms with E-state index in [1.807, 2.05) is 31.2 Å². The summed E-state index contributed by atoms with van der Waals surface area (Å²) in [5.41, 5.74) is 4.58. The number of rotatable bonds is 8. The highest BCUT2D eigenvalue weighted by Gasteiger charge is 2.30. The van der Waals surface area contributed by atoms with Gasteiger partial charge in [0.2, 0.25) is 5.91 Å². The first kappa shape index (κ1) is 23.8. The molecular formula is C27H32N2O5. The number of carbonyl (C=O) groups is 3. The van der Waals surface area contributed by atoms with Crippen LogP contribution in [0.25, 0.3) is 11.1 Å². The van der Waals surface area contributed by atoms with Crippen LogP contribution in [0.2, 0.25) is 0 Å². The first-order valence-electron chi connectivity index (χ1n) is 12.1. The molecule has 2 aromatic rings. The molecule has 2 aromatic carbocycles. The van der Waals surface area contributed by atoms with Crippen LogP contribution in [0.3, 0.4) is 0 Å². The van der Waals surface area contributed by atoms with Crippen LogP contribution in [-0.2, 0) is 14.3 Å². The molecule has 0 heterocycles. The van der Waals surface area contributed by atoms with Crippen molar-refractivity contribution in [1.29, 1.82) is 0 Å². The highest BCUT2D eigenvalue weighted by Crippen LogP contribution is 2.44. The Morgan fingerprint density at radius 3 is 2.29 bits per heavy atom. The standard InChI is InChI=1S/C27H32N2O5/c1-2-24(25(30)28-15-17-8-7-9-18(14-17)26(31)32)29-27(33)34-16-23-21-12-5-3-10-19(21)20-11-4-6-13-22(20)23/h3-6,10-13,17-18,23-24H,2,7-9,14-16H2,1H3,(H,28,30)(H,29,33)(H,31,32). The van der Waals surface area contributed by atoms with Crippen molar-refractivity contribution in [2.45, 2.75) is 51.0 Å². The number of hydrogen-bond acceptors (Lipinski definition) is 4. The van der Waals surface area contributed by atoms with Crippen LogP contribution in [-0.4, -0.2) is 42.3 Å². The van der Waals surface area contributed by atoms with Crippen LogP contribution in [0.5, 0.6) is 0 Å². The average molecular weight is 465 g/mol. The molecule has 0 aromatic heterocycles. The minimum Gasteiger partial charge on any atom is -0.481 e. The fourth-order valence-electron chi connectivity index (χ4n) is 5.20. The summed E-state index contributed by atoms with van der Waals surface area (Å²) in [5.74, 6) is -1.27. The molecule has 0 bridgehead atoms. The van der Waals surface area contributed by atoms with E-state index < -0.39 is 18.1 Å². The number of alkyl carbamates (subject to hydrolysis) is 1. The van der Waals surface area contributed by atoms with Gasteiger partial charge in [0.1, 0.15) is 12.6 Å². The number of ether oxygens (including phenoxy) is 1. The lowest BCUT2D eigenvalue weighted by atomic mass is 9.81. The summed E-state index contributed by atoms with van der Waals surface area (Å²) in [5, 5.41) is 14.8.